The molecule has 3 saturated carbocycles. The number of ether oxygens (including phenoxy) is 2. The van der Waals surface area contributed by atoms with Crippen molar-refractivity contribution in [2.75, 3.05) is 5.75 Å². The highest BCUT2D eigenvalue weighted by atomic mass is 32.2. The molecule has 5 unspecified atom stereocenters. The fourth-order valence-electron chi connectivity index (χ4n) is 9.38. The summed E-state index contributed by atoms with van der Waals surface area (Å²) in [6.45, 7) is 6.46. The van der Waals surface area contributed by atoms with E-state index in [1.54, 1.807) is 12.2 Å². The van der Waals surface area contributed by atoms with Crippen LogP contribution in [0.25, 0.3) is 10.9 Å². The Labute approximate surface area is 246 Å². The van der Waals surface area contributed by atoms with Crippen LogP contribution in [0, 0.1) is 28.6 Å². The van der Waals surface area contributed by atoms with E-state index in [4.69, 9.17) is 14.5 Å². The average Bonchev–Trinajstić information content (AvgIpc) is 3.44. The quantitative estimate of drug-likeness (QED) is 0.420. The zero-order valence-electron chi connectivity index (χ0n) is 24.0. The molecule has 4 aliphatic carbocycles. The van der Waals surface area contributed by atoms with Gasteiger partial charge in [0.15, 0.2) is 23.5 Å². The summed E-state index contributed by atoms with van der Waals surface area (Å²) in [5.74, 6) is 0.715. The van der Waals surface area contributed by atoms with Crippen molar-refractivity contribution < 1.29 is 24.2 Å². The molecule has 6 nitrogen and oxygen atoms in total. The standard InChI is InChI=1S/C34H39NO5S/c1-4-7-30-39-28-17-24-23-12-11-21-16-22(36)14-15-32(21,2)31(23)26(37)18-33(24,3)34(28,40-30)27(38)19-41-29-13-10-20-8-5-6-9-25(20)35-29/h5-6,8-10,13-16,23-24,26,28,30-31,37H,4,7,11-12,17-19H2,1-3H3/t23?,24?,26-,28+,30+,31?,32?,33?,34+/m0/s1. The van der Waals surface area contributed by atoms with Gasteiger partial charge in [0, 0.05) is 22.1 Å². The monoisotopic (exact) mass is 573 g/mol. The Balaban J connectivity index is 1.21. The van der Waals surface area contributed by atoms with Crippen LogP contribution in [-0.2, 0) is 19.1 Å². The van der Waals surface area contributed by atoms with Crippen molar-refractivity contribution in [2.24, 2.45) is 28.6 Å². The van der Waals surface area contributed by atoms with Gasteiger partial charge in [-0.25, -0.2) is 4.98 Å². The molecule has 216 valence electrons. The molecule has 2 aromatic rings. The van der Waals surface area contributed by atoms with E-state index in [2.05, 4.69) is 20.8 Å². The molecule has 7 heteroatoms. The third-order valence-corrected chi connectivity index (χ3v) is 12.1. The summed E-state index contributed by atoms with van der Waals surface area (Å²) in [5.41, 5.74) is 0.0457. The lowest BCUT2D eigenvalue weighted by atomic mass is 9.46. The van der Waals surface area contributed by atoms with Gasteiger partial charge in [0.2, 0.25) is 0 Å². The van der Waals surface area contributed by atoms with Crippen LogP contribution in [0.15, 0.2) is 65.2 Å². The van der Waals surface area contributed by atoms with Crippen molar-refractivity contribution >= 4 is 34.2 Å². The van der Waals surface area contributed by atoms with Crippen molar-refractivity contribution in [3.63, 3.8) is 0 Å². The van der Waals surface area contributed by atoms with E-state index in [1.807, 2.05) is 42.5 Å². The fraction of sp³-hybridized carbons (Fsp3) is 0.559. The molecule has 1 N–H and O–H groups in total. The second kappa shape index (κ2) is 9.87. The van der Waals surface area contributed by atoms with E-state index >= 15 is 0 Å². The Morgan fingerprint density at radius 2 is 2.02 bits per heavy atom. The molecular formula is C34H39NO5S. The number of hydrogen-bond donors (Lipinski definition) is 1. The minimum absolute atomic E-state index is 0.00137. The molecular weight excluding hydrogens is 534 g/mol. The van der Waals surface area contributed by atoms with Gasteiger partial charge < -0.3 is 14.6 Å². The van der Waals surface area contributed by atoms with Crippen LogP contribution < -0.4 is 0 Å². The minimum Gasteiger partial charge on any atom is -0.393 e. The third kappa shape index (κ3) is 3.99. The molecule has 1 aliphatic heterocycles. The first-order valence-corrected chi connectivity index (χ1v) is 16.2. The average molecular weight is 574 g/mol. The van der Waals surface area contributed by atoms with Gasteiger partial charge in [-0.2, -0.15) is 0 Å². The number of carbonyl (C=O) groups excluding carboxylic acids is 2. The van der Waals surface area contributed by atoms with E-state index < -0.39 is 23.4 Å². The Morgan fingerprint density at radius 3 is 2.85 bits per heavy atom. The largest absolute Gasteiger partial charge is 0.393 e. The third-order valence-electron chi connectivity index (χ3n) is 11.2. The molecule has 0 radical (unpaired) electrons. The van der Waals surface area contributed by atoms with Gasteiger partial charge in [-0.05, 0) is 68.2 Å². The molecule has 0 bridgehead atoms. The number of ketones is 2. The van der Waals surface area contributed by atoms with Crippen LogP contribution in [-0.4, -0.2) is 51.5 Å². The lowest BCUT2D eigenvalue weighted by Gasteiger charge is -2.59. The first-order valence-electron chi connectivity index (χ1n) is 15.2. The maximum absolute atomic E-state index is 14.5. The number of aliphatic hydroxyl groups excluding tert-OH is 1. The second-order valence-electron chi connectivity index (χ2n) is 13.2. The number of pyridine rings is 1. The number of para-hydroxylation sites is 1. The molecule has 5 aliphatic rings. The zero-order chi connectivity index (χ0) is 28.6. The number of Topliss-reactive ketones (excluding diaryl/α,β-unsaturated/α-hetero) is 1. The number of hydrogen-bond acceptors (Lipinski definition) is 7. The first kappa shape index (κ1) is 27.5. The normalized spacial score (nSPS) is 41.0. The number of thioether (sulfide) groups is 1. The zero-order valence-corrected chi connectivity index (χ0v) is 24.9. The summed E-state index contributed by atoms with van der Waals surface area (Å²) in [5, 5.41) is 13.8. The van der Waals surface area contributed by atoms with Crippen LogP contribution in [0.2, 0.25) is 0 Å². The first-order chi connectivity index (χ1) is 19.7. The van der Waals surface area contributed by atoms with E-state index in [9.17, 15) is 14.7 Å². The van der Waals surface area contributed by atoms with E-state index in [-0.39, 0.29) is 46.6 Å². The van der Waals surface area contributed by atoms with Gasteiger partial charge in [0.05, 0.1) is 28.5 Å². The van der Waals surface area contributed by atoms with Crippen molar-refractivity contribution in [1.82, 2.24) is 4.98 Å². The number of nitrogens with zero attached hydrogens (tertiary/aromatic N) is 1. The summed E-state index contributed by atoms with van der Waals surface area (Å²) >= 11 is 1.46. The predicted molar refractivity (Wildman–Crippen MR) is 158 cm³/mol. The second-order valence-corrected chi connectivity index (χ2v) is 14.2. The predicted octanol–water partition coefficient (Wildman–Crippen LogP) is 6.07. The molecule has 1 aromatic heterocycles. The van der Waals surface area contributed by atoms with Crippen molar-refractivity contribution in [3.05, 3.63) is 60.2 Å². The molecule has 2 heterocycles. The lowest BCUT2D eigenvalue weighted by molar-refractivity contribution is -0.197. The number of allylic oxidation sites excluding steroid dienone is 4. The molecule has 0 spiro atoms. The van der Waals surface area contributed by atoms with Crippen LogP contribution >= 0.6 is 11.8 Å². The van der Waals surface area contributed by atoms with Gasteiger partial charge in [0.1, 0.15) is 0 Å². The number of carbonyl (C=O) groups is 2. The maximum Gasteiger partial charge on any atom is 0.178 e. The number of benzene rings is 1. The van der Waals surface area contributed by atoms with E-state index in [1.165, 1.54) is 11.8 Å². The fourth-order valence-corrected chi connectivity index (χ4v) is 10.2. The van der Waals surface area contributed by atoms with Gasteiger partial charge >= 0.3 is 0 Å². The highest BCUT2D eigenvalue weighted by Crippen LogP contribution is 2.69. The number of aliphatic hydroxyl groups is 1. The molecule has 7 rings (SSSR count). The van der Waals surface area contributed by atoms with E-state index in [0.717, 1.165) is 53.6 Å². The highest BCUT2D eigenvalue weighted by Gasteiger charge is 2.75. The van der Waals surface area contributed by atoms with E-state index in [0.29, 0.717) is 6.42 Å². The summed E-state index contributed by atoms with van der Waals surface area (Å²) in [6.07, 6.45) is 8.75. The number of fused-ring (bicyclic) bond motifs is 8. The molecule has 1 saturated heterocycles. The van der Waals surface area contributed by atoms with Crippen molar-refractivity contribution in [3.8, 4) is 0 Å². The minimum atomic E-state index is -1.09. The maximum atomic E-state index is 14.5. The highest BCUT2D eigenvalue weighted by molar-refractivity contribution is 7.99. The summed E-state index contributed by atoms with van der Waals surface area (Å²) < 4.78 is 13.4. The summed E-state index contributed by atoms with van der Waals surface area (Å²) in [7, 11) is 0. The SMILES string of the molecule is CCC[C@@H]1O[C@@H]2CC3C4CCC5=CC(=O)C=CC5(C)C4[C@@H](O)CC3(C)[C@]2(C(=O)CSc2ccc3ccccc3n2)O1. The molecule has 4 fully saturated rings. The van der Waals surface area contributed by atoms with Crippen molar-refractivity contribution in [2.45, 2.75) is 88.4 Å². The van der Waals surface area contributed by atoms with Gasteiger partial charge in [-0.3, -0.25) is 9.59 Å². The summed E-state index contributed by atoms with van der Waals surface area (Å²) in [6, 6.07) is 12.0. The Hall–Kier alpha value is -2.32. The number of rotatable bonds is 6. The van der Waals surface area contributed by atoms with Gasteiger partial charge in [-0.1, -0.05) is 74.9 Å². The number of aromatic nitrogens is 1. The topological polar surface area (TPSA) is 85.7 Å². The smallest absolute Gasteiger partial charge is 0.178 e. The van der Waals surface area contributed by atoms with Crippen LogP contribution in [0.1, 0.15) is 59.3 Å². The Kier molecular flexibility index (Phi) is 6.62. The van der Waals surface area contributed by atoms with Crippen molar-refractivity contribution in [1.29, 1.82) is 0 Å². The van der Waals surface area contributed by atoms with Gasteiger partial charge in [-0.15, -0.1) is 0 Å². The summed E-state index contributed by atoms with van der Waals surface area (Å²) in [4.78, 5) is 31.5. The van der Waals surface area contributed by atoms with Crippen LogP contribution in [0.5, 0.6) is 0 Å². The molecule has 1 aromatic carbocycles. The van der Waals surface area contributed by atoms with Crippen LogP contribution in [0.4, 0.5) is 0 Å². The molecule has 9 atom stereocenters. The van der Waals surface area contributed by atoms with Gasteiger partial charge in [0.25, 0.3) is 0 Å². The lowest BCUT2D eigenvalue weighted by Crippen LogP contribution is -2.63. The van der Waals surface area contributed by atoms with Crippen LogP contribution in [0.3, 0.4) is 0 Å². The molecule has 0 amide bonds. The molecule has 41 heavy (non-hydrogen) atoms. The Morgan fingerprint density at radius 1 is 1.20 bits per heavy atom. The Bertz CT molecular complexity index is 1470.